The Balaban J connectivity index is 1.98. The van der Waals surface area contributed by atoms with Gasteiger partial charge in [-0.15, -0.1) is 0 Å². The van der Waals surface area contributed by atoms with Crippen LogP contribution in [-0.2, 0) is 0 Å². The fraction of sp³-hybridized carbons (Fsp3) is 0.214. The third kappa shape index (κ3) is 4.32. The molecule has 1 aromatic heterocycles. The van der Waals surface area contributed by atoms with Crippen LogP contribution in [0, 0.1) is 0 Å². The summed E-state index contributed by atoms with van der Waals surface area (Å²) < 4.78 is 5.49. The minimum atomic E-state index is -0.464. The van der Waals surface area contributed by atoms with Crippen molar-refractivity contribution >= 4 is 23.5 Å². The van der Waals surface area contributed by atoms with E-state index in [9.17, 15) is 4.79 Å². The standard InChI is InChI=1S/C14H15ClN4O2/c1-2-7-21-11-5-3-10(4-6-11)8-16-18-12-9-17-19-14(20)13(12)15/h3-6,8-9H,2,7H2,1H3,(H2,18,19,20)/b16-8+. The average Bonchev–Trinajstić information content (AvgIpc) is 2.51. The zero-order valence-electron chi connectivity index (χ0n) is 11.5. The van der Waals surface area contributed by atoms with Gasteiger partial charge >= 0.3 is 0 Å². The second kappa shape index (κ2) is 7.44. The van der Waals surface area contributed by atoms with Crippen molar-refractivity contribution in [1.29, 1.82) is 0 Å². The molecule has 0 aliphatic heterocycles. The molecule has 0 atom stereocenters. The first-order valence-electron chi connectivity index (χ1n) is 6.46. The Hall–Kier alpha value is -2.34. The molecule has 0 unspecified atom stereocenters. The molecular weight excluding hydrogens is 292 g/mol. The number of aromatic amines is 1. The van der Waals surface area contributed by atoms with E-state index in [-0.39, 0.29) is 5.02 Å². The molecule has 2 rings (SSSR count). The van der Waals surface area contributed by atoms with Gasteiger partial charge in [0.1, 0.15) is 16.5 Å². The van der Waals surface area contributed by atoms with Crippen molar-refractivity contribution in [1.82, 2.24) is 10.2 Å². The number of hydrazone groups is 1. The van der Waals surface area contributed by atoms with Crippen LogP contribution >= 0.6 is 11.6 Å². The molecule has 0 saturated carbocycles. The summed E-state index contributed by atoms with van der Waals surface area (Å²) in [7, 11) is 0. The number of anilines is 1. The minimum absolute atomic E-state index is 0.0189. The SMILES string of the molecule is CCCOc1ccc(/C=N/Nc2cn[nH]c(=O)c2Cl)cc1. The number of H-pyrrole nitrogens is 1. The number of nitrogens with zero attached hydrogens (tertiary/aromatic N) is 2. The number of rotatable bonds is 6. The molecule has 1 aromatic carbocycles. The highest BCUT2D eigenvalue weighted by molar-refractivity contribution is 6.32. The predicted octanol–water partition coefficient (Wildman–Crippen LogP) is 2.66. The maximum atomic E-state index is 11.2. The summed E-state index contributed by atoms with van der Waals surface area (Å²) in [5.41, 5.74) is 3.45. The Morgan fingerprint density at radius 1 is 1.43 bits per heavy atom. The molecule has 0 spiro atoms. The molecule has 6 nitrogen and oxygen atoms in total. The lowest BCUT2D eigenvalue weighted by Crippen LogP contribution is -2.10. The van der Waals surface area contributed by atoms with Gasteiger partial charge in [0.15, 0.2) is 0 Å². The van der Waals surface area contributed by atoms with Crippen LogP contribution in [0.3, 0.4) is 0 Å². The van der Waals surface area contributed by atoms with Crippen molar-refractivity contribution in [2.24, 2.45) is 5.10 Å². The lowest BCUT2D eigenvalue weighted by Gasteiger charge is -2.04. The van der Waals surface area contributed by atoms with E-state index >= 15 is 0 Å². The molecule has 21 heavy (non-hydrogen) atoms. The topological polar surface area (TPSA) is 79.4 Å². The van der Waals surface area contributed by atoms with Crippen molar-refractivity contribution in [3.05, 3.63) is 51.4 Å². The number of hydrogen-bond acceptors (Lipinski definition) is 5. The van der Waals surface area contributed by atoms with E-state index in [0.717, 1.165) is 17.7 Å². The van der Waals surface area contributed by atoms with Gasteiger partial charge in [0.05, 0.1) is 19.0 Å². The highest BCUT2D eigenvalue weighted by Gasteiger charge is 2.02. The number of ether oxygens (including phenoxy) is 1. The first-order valence-corrected chi connectivity index (χ1v) is 6.83. The van der Waals surface area contributed by atoms with Crippen LogP contribution in [0.2, 0.25) is 5.02 Å². The van der Waals surface area contributed by atoms with Gasteiger partial charge in [0.25, 0.3) is 5.56 Å². The minimum Gasteiger partial charge on any atom is -0.494 e. The highest BCUT2D eigenvalue weighted by atomic mass is 35.5. The average molecular weight is 307 g/mol. The van der Waals surface area contributed by atoms with Crippen LogP contribution < -0.4 is 15.7 Å². The van der Waals surface area contributed by atoms with E-state index in [1.165, 1.54) is 6.20 Å². The fourth-order valence-corrected chi connectivity index (χ4v) is 1.64. The number of halogens is 1. The van der Waals surface area contributed by atoms with Crippen LogP contribution in [0.5, 0.6) is 5.75 Å². The van der Waals surface area contributed by atoms with Gasteiger partial charge in [-0.3, -0.25) is 10.2 Å². The molecule has 0 aliphatic rings. The predicted molar refractivity (Wildman–Crippen MR) is 83.3 cm³/mol. The van der Waals surface area contributed by atoms with Crippen molar-refractivity contribution in [3.8, 4) is 5.75 Å². The summed E-state index contributed by atoms with van der Waals surface area (Å²) in [6.07, 6.45) is 3.97. The molecule has 0 saturated heterocycles. The molecule has 110 valence electrons. The number of benzene rings is 1. The quantitative estimate of drug-likeness (QED) is 0.635. The van der Waals surface area contributed by atoms with E-state index in [1.807, 2.05) is 24.3 Å². The Bertz CT molecular complexity index is 667. The molecule has 0 fully saturated rings. The maximum Gasteiger partial charge on any atom is 0.285 e. The van der Waals surface area contributed by atoms with Gasteiger partial charge < -0.3 is 4.74 Å². The third-order valence-corrected chi connectivity index (χ3v) is 2.92. The molecule has 1 heterocycles. The lowest BCUT2D eigenvalue weighted by atomic mass is 10.2. The number of hydrogen-bond donors (Lipinski definition) is 2. The molecular formula is C14H15ClN4O2. The Morgan fingerprint density at radius 2 is 2.19 bits per heavy atom. The lowest BCUT2D eigenvalue weighted by molar-refractivity contribution is 0.317. The van der Waals surface area contributed by atoms with E-state index < -0.39 is 5.56 Å². The van der Waals surface area contributed by atoms with Crippen LogP contribution in [0.25, 0.3) is 0 Å². The monoisotopic (exact) mass is 306 g/mol. The largest absolute Gasteiger partial charge is 0.494 e. The molecule has 2 aromatic rings. The summed E-state index contributed by atoms with van der Waals surface area (Å²) in [6, 6.07) is 7.51. The van der Waals surface area contributed by atoms with Gasteiger partial charge in [-0.2, -0.15) is 10.2 Å². The molecule has 7 heteroatoms. The van der Waals surface area contributed by atoms with Crippen LogP contribution in [0.4, 0.5) is 5.69 Å². The smallest absolute Gasteiger partial charge is 0.285 e. The normalized spacial score (nSPS) is 10.8. The molecule has 0 amide bonds. The van der Waals surface area contributed by atoms with Crippen molar-refractivity contribution in [3.63, 3.8) is 0 Å². The first kappa shape index (κ1) is 15.1. The fourth-order valence-electron chi connectivity index (χ4n) is 1.51. The maximum absolute atomic E-state index is 11.2. The third-order valence-electron chi connectivity index (χ3n) is 2.55. The van der Waals surface area contributed by atoms with Gasteiger partial charge in [-0.25, -0.2) is 5.10 Å². The summed E-state index contributed by atoms with van der Waals surface area (Å²) in [5, 5.41) is 9.90. The van der Waals surface area contributed by atoms with E-state index in [0.29, 0.717) is 12.3 Å². The van der Waals surface area contributed by atoms with Gasteiger partial charge in [0, 0.05) is 0 Å². The van der Waals surface area contributed by atoms with Crippen molar-refractivity contribution < 1.29 is 4.74 Å². The Labute approximate surface area is 126 Å². The molecule has 0 aliphatic carbocycles. The molecule has 0 radical (unpaired) electrons. The molecule has 2 N–H and O–H groups in total. The molecule has 0 bridgehead atoms. The Morgan fingerprint density at radius 3 is 2.90 bits per heavy atom. The van der Waals surface area contributed by atoms with Crippen LogP contribution in [-0.4, -0.2) is 23.0 Å². The van der Waals surface area contributed by atoms with E-state index in [4.69, 9.17) is 16.3 Å². The van der Waals surface area contributed by atoms with Crippen molar-refractivity contribution in [2.45, 2.75) is 13.3 Å². The van der Waals surface area contributed by atoms with Crippen LogP contribution in [0.1, 0.15) is 18.9 Å². The highest BCUT2D eigenvalue weighted by Crippen LogP contribution is 2.14. The summed E-state index contributed by atoms with van der Waals surface area (Å²) in [4.78, 5) is 11.2. The number of nitrogens with one attached hydrogen (secondary N) is 2. The second-order valence-electron chi connectivity index (χ2n) is 4.21. The Kier molecular flexibility index (Phi) is 5.34. The van der Waals surface area contributed by atoms with Gasteiger partial charge in [0.2, 0.25) is 0 Å². The van der Waals surface area contributed by atoms with Crippen LogP contribution in [0.15, 0.2) is 40.4 Å². The van der Waals surface area contributed by atoms with Gasteiger partial charge in [-0.05, 0) is 36.2 Å². The van der Waals surface area contributed by atoms with Gasteiger partial charge in [-0.1, -0.05) is 18.5 Å². The first-order chi connectivity index (χ1) is 10.2. The summed E-state index contributed by atoms with van der Waals surface area (Å²) in [6.45, 7) is 2.75. The zero-order valence-corrected chi connectivity index (χ0v) is 12.2. The summed E-state index contributed by atoms with van der Waals surface area (Å²) in [5.74, 6) is 0.823. The van der Waals surface area contributed by atoms with E-state index in [2.05, 4.69) is 27.6 Å². The summed E-state index contributed by atoms with van der Waals surface area (Å²) >= 11 is 5.81. The number of aromatic nitrogens is 2. The second-order valence-corrected chi connectivity index (χ2v) is 4.59. The van der Waals surface area contributed by atoms with E-state index in [1.54, 1.807) is 6.21 Å². The zero-order chi connectivity index (χ0) is 15.1. The van der Waals surface area contributed by atoms with Crippen molar-refractivity contribution in [2.75, 3.05) is 12.0 Å².